The highest BCUT2D eigenvalue weighted by Crippen LogP contribution is 2.31. The number of aliphatic carboxylic acids is 2. The monoisotopic (exact) mass is 634 g/mol. The Labute approximate surface area is 264 Å². The van der Waals surface area contributed by atoms with Gasteiger partial charge in [0.1, 0.15) is 0 Å². The van der Waals surface area contributed by atoms with Gasteiger partial charge in [0, 0.05) is 57.1 Å². The first-order valence-electron chi connectivity index (χ1n) is 14.9. The zero-order valence-electron chi connectivity index (χ0n) is 26.2. The normalized spacial score (nSPS) is 14.0. The van der Waals surface area contributed by atoms with Crippen molar-refractivity contribution in [2.75, 3.05) is 0 Å². The minimum Gasteiger partial charge on any atom is -0.481 e. The minimum atomic E-state index is -0.913. The molecule has 4 aromatic rings. The molecule has 8 bridgehead atoms. The summed E-state index contributed by atoms with van der Waals surface area (Å²) in [5, 5.41) is 43.7. The van der Waals surface area contributed by atoms with Crippen molar-refractivity contribution in [2.24, 2.45) is 0 Å². The SMILES string of the molecule is Cc1c2[nH]c(c1CCC(=O)O)C=c1[nH]c(c(C)c1CCC(=O)O)=Cc1[nH]c(c(C)c1C(C)O)C(Cl)=c1[nH]c(c(C)c1C(C)O)=C2. The summed E-state index contributed by atoms with van der Waals surface area (Å²) in [5.74, 6) is -1.82. The first kappa shape index (κ1) is 32.2. The number of H-pyrrole nitrogens is 4. The number of aromatic amines is 4. The predicted octanol–water partition coefficient (Wildman–Crippen LogP) is 2.57. The Bertz CT molecular complexity index is 2090. The Morgan fingerprint density at radius 2 is 1.22 bits per heavy atom. The van der Waals surface area contributed by atoms with Crippen molar-refractivity contribution in [3.63, 3.8) is 0 Å². The second kappa shape index (κ2) is 12.3. The third-order valence-corrected chi connectivity index (χ3v) is 9.26. The van der Waals surface area contributed by atoms with Gasteiger partial charge in [-0.15, -0.1) is 0 Å². The number of halogens is 1. The van der Waals surface area contributed by atoms with E-state index in [-0.39, 0.29) is 25.7 Å². The van der Waals surface area contributed by atoms with Gasteiger partial charge in [-0.05, 0) is 106 Å². The van der Waals surface area contributed by atoms with Crippen molar-refractivity contribution in [1.82, 2.24) is 19.9 Å². The molecule has 4 aromatic heterocycles. The summed E-state index contributed by atoms with van der Waals surface area (Å²) < 4.78 is 0. The predicted molar refractivity (Wildman–Crippen MR) is 173 cm³/mol. The largest absolute Gasteiger partial charge is 0.481 e. The second-order valence-corrected chi connectivity index (χ2v) is 12.3. The van der Waals surface area contributed by atoms with E-state index in [9.17, 15) is 30.0 Å². The van der Waals surface area contributed by atoms with Crippen LogP contribution in [0.1, 0.15) is 106 Å². The Morgan fingerprint density at radius 3 is 1.82 bits per heavy atom. The van der Waals surface area contributed by atoms with Gasteiger partial charge in [0.2, 0.25) is 0 Å². The van der Waals surface area contributed by atoms with Gasteiger partial charge in [-0.3, -0.25) is 9.59 Å². The van der Waals surface area contributed by atoms with Crippen molar-refractivity contribution in [3.05, 3.63) is 88.7 Å². The van der Waals surface area contributed by atoms with Crippen LogP contribution in [-0.2, 0) is 22.4 Å². The van der Waals surface area contributed by atoms with E-state index in [4.69, 9.17) is 11.6 Å². The molecular weight excluding hydrogens is 596 g/mol. The molecule has 10 nitrogen and oxygen atoms in total. The van der Waals surface area contributed by atoms with Gasteiger partial charge in [-0.25, -0.2) is 0 Å². The lowest BCUT2D eigenvalue weighted by atomic mass is 10.0. The van der Waals surface area contributed by atoms with Crippen LogP contribution in [0, 0.1) is 27.7 Å². The topological polar surface area (TPSA) is 178 Å². The quantitative estimate of drug-likeness (QED) is 0.148. The molecule has 45 heavy (non-hydrogen) atoms. The number of aliphatic hydroxyl groups is 2. The van der Waals surface area contributed by atoms with Crippen LogP contribution in [0.25, 0.3) is 23.3 Å². The van der Waals surface area contributed by atoms with Crippen molar-refractivity contribution >= 4 is 46.8 Å². The molecule has 0 spiro atoms. The average Bonchev–Trinajstić information content (AvgIpc) is 3.63. The number of carbonyl (C=O) groups is 2. The van der Waals surface area contributed by atoms with E-state index < -0.39 is 24.1 Å². The summed E-state index contributed by atoms with van der Waals surface area (Å²) in [5.41, 5.74) is 8.96. The lowest BCUT2D eigenvalue weighted by Crippen LogP contribution is -2.16. The molecule has 1 aliphatic heterocycles. The van der Waals surface area contributed by atoms with Gasteiger partial charge in [-0.1, -0.05) is 11.6 Å². The summed E-state index contributed by atoms with van der Waals surface area (Å²) in [4.78, 5) is 36.9. The van der Waals surface area contributed by atoms with Gasteiger partial charge in [0.05, 0.1) is 28.3 Å². The molecule has 1 aliphatic rings. The number of hydrogen-bond acceptors (Lipinski definition) is 4. The molecule has 0 radical (unpaired) electrons. The van der Waals surface area contributed by atoms with E-state index in [2.05, 4.69) is 19.9 Å². The number of nitrogens with one attached hydrogen (secondary N) is 4. The lowest BCUT2D eigenvalue weighted by Gasteiger charge is -2.07. The van der Waals surface area contributed by atoms with Crippen LogP contribution < -0.4 is 21.4 Å². The van der Waals surface area contributed by atoms with Crippen LogP contribution >= 0.6 is 11.6 Å². The molecule has 5 heterocycles. The molecule has 0 amide bonds. The summed E-state index contributed by atoms with van der Waals surface area (Å²) >= 11 is 7.12. The van der Waals surface area contributed by atoms with Crippen molar-refractivity contribution < 1.29 is 30.0 Å². The molecule has 2 atom stereocenters. The number of rotatable bonds is 8. The van der Waals surface area contributed by atoms with Crippen LogP contribution in [0.4, 0.5) is 0 Å². The standard InChI is InChI=1S/C34H39ClN4O6/c1-14-20(7-9-28(42)43)25-13-26-21(8-10-29(44)45)15(2)23(37-26)12-27-30(18(5)40)17(4)33(39-27)32(35)34-31(19(6)41)16(3)24(38-34)11-22(14)36-25/h11-13,18-19,36-41H,7-10H2,1-6H3,(H,42,43)(H,44,45). The minimum absolute atomic E-state index is 0.0630. The molecule has 238 valence electrons. The number of aliphatic hydroxyl groups excluding tert-OH is 2. The number of carboxylic acid groups (broad SMARTS) is 2. The fourth-order valence-corrected chi connectivity index (χ4v) is 6.87. The molecule has 0 saturated heterocycles. The summed E-state index contributed by atoms with van der Waals surface area (Å²) in [6.07, 6.45) is 4.50. The third kappa shape index (κ3) is 5.93. The highest BCUT2D eigenvalue weighted by Gasteiger charge is 2.23. The van der Waals surface area contributed by atoms with E-state index in [1.165, 1.54) is 0 Å². The van der Waals surface area contributed by atoms with E-state index in [1.54, 1.807) is 13.8 Å². The molecule has 5 rings (SSSR count). The van der Waals surface area contributed by atoms with Crippen molar-refractivity contribution in [2.45, 2.75) is 79.4 Å². The maximum Gasteiger partial charge on any atom is 0.303 e. The lowest BCUT2D eigenvalue weighted by molar-refractivity contribution is -0.138. The number of hydrogen-bond donors (Lipinski definition) is 8. The number of carboxylic acids is 2. The second-order valence-electron chi connectivity index (χ2n) is 11.9. The molecular formula is C34H39ClN4O6. The first-order chi connectivity index (χ1) is 21.2. The summed E-state index contributed by atoms with van der Waals surface area (Å²) in [6.45, 7) is 11.0. The Morgan fingerprint density at radius 1 is 0.667 bits per heavy atom. The maximum absolute atomic E-state index is 11.6. The van der Waals surface area contributed by atoms with Gasteiger partial charge < -0.3 is 40.4 Å². The summed E-state index contributed by atoms with van der Waals surface area (Å²) in [7, 11) is 0. The smallest absolute Gasteiger partial charge is 0.303 e. The van der Waals surface area contributed by atoms with Crippen LogP contribution in [0.3, 0.4) is 0 Å². The highest BCUT2D eigenvalue weighted by atomic mass is 35.5. The molecule has 2 unspecified atom stereocenters. The van der Waals surface area contributed by atoms with Crippen molar-refractivity contribution in [1.29, 1.82) is 0 Å². The van der Waals surface area contributed by atoms with Crippen LogP contribution in [0.2, 0.25) is 0 Å². The van der Waals surface area contributed by atoms with E-state index in [0.717, 1.165) is 49.8 Å². The van der Waals surface area contributed by atoms with Gasteiger partial charge in [0.15, 0.2) is 0 Å². The van der Waals surface area contributed by atoms with E-state index in [0.29, 0.717) is 43.9 Å². The van der Waals surface area contributed by atoms with E-state index in [1.807, 2.05) is 45.9 Å². The first-order valence-corrected chi connectivity index (χ1v) is 15.3. The zero-order valence-corrected chi connectivity index (χ0v) is 27.0. The Balaban J connectivity index is 1.97. The zero-order chi connectivity index (χ0) is 32.9. The van der Waals surface area contributed by atoms with Crippen LogP contribution in [0.15, 0.2) is 0 Å². The van der Waals surface area contributed by atoms with E-state index >= 15 is 0 Å². The average molecular weight is 635 g/mol. The van der Waals surface area contributed by atoms with Gasteiger partial charge in [-0.2, -0.15) is 0 Å². The summed E-state index contributed by atoms with van der Waals surface area (Å²) in [6, 6.07) is 0. The van der Waals surface area contributed by atoms with Crippen LogP contribution in [0.5, 0.6) is 0 Å². The maximum atomic E-state index is 11.6. The molecule has 11 heteroatoms. The fraction of sp³-hybridized carbons (Fsp3) is 0.353. The molecule has 0 fully saturated rings. The van der Waals surface area contributed by atoms with Gasteiger partial charge in [0.25, 0.3) is 0 Å². The third-order valence-electron chi connectivity index (χ3n) is 8.89. The van der Waals surface area contributed by atoms with Crippen LogP contribution in [-0.4, -0.2) is 52.3 Å². The van der Waals surface area contributed by atoms with Crippen molar-refractivity contribution in [3.8, 4) is 0 Å². The number of aromatic nitrogens is 4. The molecule has 0 aromatic carbocycles. The molecule has 0 saturated carbocycles. The molecule has 8 N–H and O–H groups in total. The Kier molecular flexibility index (Phi) is 8.77. The highest BCUT2D eigenvalue weighted by molar-refractivity contribution is 6.48. The molecule has 0 aliphatic carbocycles. The van der Waals surface area contributed by atoms with Gasteiger partial charge >= 0.3 is 11.9 Å². The Hall–Kier alpha value is -4.25. The fourth-order valence-electron chi connectivity index (χ4n) is 6.53. The number of fused-ring (bicyclic) bond motifs is 8.